The van der Waals surface area contributed by atoms with Crippen molar-refractivity contribution in [3.63, 3.8) is 0 Å². The summed E-state index contributed by atoms with van der Waals surface area (Å²) < 4.78 is 0. The Hall–Kier alpha value is -1.33. The first-order valence-electron chi connectivity index (χ1n) is 5.78. The van der Waals surface area contributed by atoms with E-state index in [0.717, 1.165) is 0 Å². The number of rotatable bonds is 5. The van der Waals surface area contributed by atoms with Gasteiger partial charge >= 0.3 is 0 Å². The van der Waals surface area contributed by atoms with E-state index < -0.39 is 0 Å². The van der Waals surface area contributed by atoms with E-state index >= 15 is 0 Å². The van der Waals surface area contributed by atoms with Crippen LogP contribution in [-0.4, -0.2) is 29.9 Å². The number of carbonyl (C=O) groups is 2. The average Bonchev–Trinajstić information content (AvgIpc) is 2.36. The van der Waals surface area contributed by atoms with Gasteiger partial charge in [0.05, 0.1) is 10.6 Å². The van der Waals surface area contributed by atoms with Crippen LogP contribution in [0.4, 0.5) is 0 Å². The summed E-state index contributed by atoms with van der Waals surface area (Å²) in [6, 6.07) is 1.39. The van der Waals surface area contributed by atoms with Gasteiger partial charge in [-0.2, -0.15) is 0 Å². The number of hydrogen-bond donors (Lipinski definition) is 2. The van der Waals surface area contributed by atoms with Gasteiger partial charge in [-0.15, -0.1) is 0 Å². The van der Waals surface area contributed by atoms with Crippen LogP contribution >= 0.6 is 23.2 Å². The van der Waals surface area contributed by atoms with Crippen molar-refractivity contribution in [1.82, 2.24) is 15.6 Å². The fraction of sp³-hybridized carbons (Fsp3) is 0.417. The number of nitrogens with zero attached hydrogens (tertiary/aromatic N) is 1. The summed E-state index contributed by atoms with van der Waals surface area (Å²) in [6.45, 7) is 4.27. The highest BCUT2D eigenvalue weighted by Crippen LogP contribution is 2.17. The number of amides is 2. The van der Waals surface area contributed by atoms with E-state index in [-0.39, 0.29) is 33.5 Å². The second-order valence-electron chi connectivity index (χ2n) is 4.19. The Balaban J connectivity index is 2.44. The second kappa shape index (κ2) is 7.31. The van der Waals surface area contributed by atoms with Gasteiger partial charge in [0.1, 0.15) is 5.15 Å². The molecule has 2 amide bonds. The molecule has 1 aromatic heterocycles. The van der Waals surface area contributed by atoms with Gasteiger partial charge in [-0.05, 0) is 6.07 Å². The Morgan fingerprint density at radius 1 is 1.26 bits per heavy atom. The molecule has 0 aliphatic carbocycles. The lowest BCUT2D eigenvalue weighted by molar-refractivity contribution is -0.123. The van der Waals surface area contributed by atoms with Crippen molar-refractivity contribution in [2.24, 2.45) is 5.92 Å². The number of pyridine rings is 1. The Kier molecular flexibility index (Phi) is 6.05. The fourth-order valence-corrected chi connectivity index (χ4v) is 1.60. The predicted octanol–water partition coefficient (Wildman–Crippen LogP) is 1.89. The summed E-state index contributed by atoms with van der Waals surface area (Å²) in [5.41, 5.74) is 0.261. The van der Waals surface area contributed by atoms with Crippen LogP contribution in [0.5, 0.6) is 0 Å². The maximum absolute atomic E-state index is 11.8. The summed E-state index contributed by atoms with van der Waals surface area (Å²) in [5, 5.41) is 5.75. The fourth-order valence-electron chi connectivity index (χ4n) is 1.25. The van der Waals surface area contributed by atoms with Crippen molar-refractivity contribution in [3.8, 4) is 0 Å². The van der Waals surface area contributed by atoms with E-state index in [9.17, 15) is 9.59 Å². The molecule has 0 spiro atoms. The Labute approximate surface area is 121 Å². The molecule has 5 nitrogen and oxygen atoms in total. The molecule has 0 saturated carbocycles. The molecule has 19 heavy (non-hydrogen) atoms. The van der Waals surface area contributed by atoms with Crippen molar-refractivity contribution >= 4 is 35.0 Å². The Morgan fingerprint density at radius 2 is 1.89 bits per heavy atom. The van der Waals surface area contributed by atoms with Crippen molar-refractivity contribution in [2.45, 2.75) is 13.8 Å². The van der Waals surface area contributed by atoms with E-state index in [2.05, 4.69) is 15.6 Å². The SMILES string of the molecule is CC(C)C(=O)NCCNC(=O)c1cc(Cl)ncc1Cl. The van der Waals surface area contributed by atoms with Gasteiger partial charge in [-0.1, -0.05) is 37.0 Å². The third kappa shape index (κ3) is 5.04. The normalized spacial score (nSPS) is 10.4. The summed E-state index contributed by atoms with van der Waals surface area (Å²) in [5.74, 6) is -0.489. The highest BCUT2D eigenvalue weighted by atomic mass is 35.5. The molecule has 0 saturated heterocycles. The number of aromatic nitrogens is 1. The second-order valence-corrected chi connectivity index (χ2v) is 4.98. The van der Waals surface area contributed by atoms with Gasteiger partial charge in [0.2, 0.25) is 5.91 Å². The lowest BCUT2D eigenvalue weighted by Gasteiger charge is -2.09. The summed E-state index contributed by atoms with van der Waals surface area (Å²) in [4.78, 5) is 26.8. The molecule has 0 aliphatic heterocycles. The van der Waals surface area contributed by atoms with Gasteiger partial charge in [0.15, 0.2) is 0 Å². The zero-order chi connectivity index (χ0) is 14.4. The molecule has 0 radical (unpaired) electrons. The van der Waals surface area contributed by atoms with E-state index in [0.29, 0.717) is 13.1 Å². The van der Waals surface area contributed by atoms with Crippen LogP contribution in [0.1, 0.15) is 24.2 Å². The van der Waals surface area contributed by atoms with Gasteiger partial charge in [-0.25, -0.2) is 4.98 Å². The van der Waals surface area contributed by atoms with Crippen LogP contribution in [-0.2, 0) is 4.79 Å². The minimum Gasteiger partial charge on any atom is -0.354 e. The third-order valence-corrected chi connectivity index (χ3v) is 2.81. The maximum Gasteiger partial charge on any atom is 0.253 e. The molecule has 0 aliphatic rings. The summed E-state index contributed by atoms with van der Waals surface area (Å²) in [7, 11) is 0. The van der Waals surface area contributed by atoms with Gasteiger partial charge in [0, 0.05) is 25.2 Å². The zero-order valence-corrected chi connectivity index (χ0v) is 12.2. The first-order valence-corrected chi connectivity index (χ1v) is 6.54. The molecule has 2 N–H and O–H groups in total. The largest absolute Gasteiger partial charge is 0.354 e. The van der Waals surface area contributed by atoms with Gasteiger partial charge in [-0.3, -0.25) is 9.59 Å². The molecule has 0 atom stereocenters. The van der Waals surface area contributed by atoms with Crippen LogP contribution in [0.2, 0.25) is 10.2 Å². The third-order valence-electron chi connectivity index (χ3n) is 2.30. The van der Waals surface area contributed by atoms with Crippen LogP contribution in [0.3, 0.4) is 0 Å². The summed E-state index contributed by atoms with van der Waals surface area (Å²) >= 11 is 11.5. The minimum absolute atomic E-state index is 0.0563. The van der Waals surface area contributed by atoms with Crippen molar-refractivity contribution in [1.29, 1.82) is 0 Å². The summed E-state index contributed by atoms with van der Waals surface area (Å²) in [6.07, 6.45) is 1.32. The topological polar surface area (TPSA) is 71.1 Å². The van der Waals surface area contributed by atoms with E-state index in [1.165, 1.54) is 12.3 Å². The van der Waals surface area contributed by atoms with Crippen molar-refractivity contribution in [2.75, 3.05) is 13.1 Å². The predicted molar refractivity (Wildman–Crippen MR) is 74.4 cm³/mol. The van der Waals surface area contributed by atoms with Crippen molar-refractivity contribution in [3.05, 3.63) is 28.0 Å². The van der Waals surface area contributed by atoms with Crippen LogP contribution < -0.4 is 10.6 Å². The molecule has 7 heteroatoms. The molecule has 1 aromatic rings. The minimum atomic E-state index is -0.354. The first-order chi connectivity index (χ1) is 8.91. The molecule has 104 valence electrons. The maximum atomic E-state index is 11.8. The Morgan fingerprint density at radius 3 is 2.53 bits per heavy atom. The average molecular weight is 304 g/mol. The molecule has 0 fully saturated rings. The standard InChI is InChI=1S/C12H15Cl2N3O2/c1-7(2)11(18)15-3-4-16-12(19)8-5-10(14)17-6-9(8)13/h5-7H,3-4H2,1-2H3,(H,15,18)(H,16,19). The molecule has 0 unspecified atom stereocenters. The van der Waals surface area contributed by atoms with Crippen molar-refractivity contribution < 1.29 is 9.59 Å². The van der Waals surface area contributed by atoms with Crippen LogP contribution in [0, 0.1) is 5.92 Å². The van der Waals surface area contributed by atoms with Gasteiger partial charge < -0.3 is 10.6 Å². The number of carbonyl (C=O) groups excluding carboxylic acids is 2. The molecule has 1 heterocycles. The number of halogens is 2. The quantitative estimate of drug-likeness (QED) is 0.644. The molecular weight excluding hydrogens is 289 g/mol. The van der Waals surface area contributed by atoms with Crippen LogP contribution in [0.15, 0.2) is 12.3 Å². The van der Waals surface area contributed by atoms with E-state index in [1.54, 1.807) is 13.8 Å². The Bertz CT molecular complexity index is 478. The molecule has 1 rings (SSSR count). The number of hydrogen-bond acceptors (Lipinski definition) is 3. The monoisotopic (exact) mass is 303 g/mol. The van der Waals surface area contributed by atoms with E-state index in [4.69, 9.17) is 23.2 Å². The van der Waals surface area contributed by atoms with Crippen LogP contribution in [0.25, 0.3) is 0 Å². The lowest BCUT2D eigenvalue weighted by Crippen LogP contribution is -2.36. The lowest BCUT2D eigenvalue weighted by atomic mass is 10.2. The zero-order valence-electron chi connectivity index (χ0n) is 10.7. The number of nitrogens with one attached hydrogen (secondary N) is 2. The smallest absolute Gasteiger partial charge is 0.253 e. The highest BCUT2D eigenvalue weighted by molar-refractivity contribution is 6.35. The first kappa shape index (κ1) is 15.7. The molecule has 0 aromatic carbocycles. The van der Waals surface area contributed by atoms with E-state index in [1.807, 2.05) is 0 Å². The highest BCUT2D eigenvalue weighted by Gasteiger charge is 2.11. The van der Waals surface area contributed by atoms with Gasteiger partial charge in [0.25, 0.3) is 5.91 Å². The molecule has 0 bridgehead atoms. The molecular formula is C12H15Cl2N3O2.